The van der Waals surface area contributed by atoms with Crippen LogP contribution in [0.5, 0.6) is 0 Å². The zero-order valence-corrected chi connectivity index (χ0v) is 20.1. The number of fused-ring (bicyclic) bond motifs is 1. The van der Waals surface area contributed by atoms with E-state index in [1.165, 1.54) is 0 Å². The van der Waals surface area contributed by atoms with Gasteiger partial charge in [-0.15, -0.1) is 0 Å². The molecule has 0 bridgehead atoms. The number of amides is 2. The number of carbonyl (C=O) groups is 2. The largest absolute Gasteiger partial charge is 0.393 e. The van der Waals surface area contributed by atoms with E-state index in [1.54, 1.807) is 24.4 Å². The van der Waals surface area contributed by atoms with Gasteiger partial charge in [-0.05, 0) is 74.8 Å². The number of hydrogen-bond donors (Lipinski definition) is 3. The lowest BCUT2D eigenvalue weighted by molar-refractivity contribution is -0.171. The summed E-state index contributed by atoms with van der Waals surface area (Å²) in [7, 11) is 0. The van der Waals surface area contributed by atoms with Gasteiger partial charge in [0.05, 0.1) is 12.0 Å². The van der Waals surface area contributed by atoms with Crippen molar-refractivity contribution in [1.29, 1.82) is 0 Å². The second kappa shape index (κ2) is 11.0. The van der Waals surface area contributed by atoms with E-state index in [1.807, 2.05) is 6.07 Å². The molecular formula is C25H33F3N6O2. The topological polar surface area (TPSA) is 118 Å². The Balaban J connectivity index is 1.39. The molecule has 5 N–H and O–H groups in total. The predicted molar refractivity (Wildman–Crippen MR) is 131 cm³/mol. The lowest BCUT2D eigenvalue weighted by atomic mass is 10.0. The summed E-state index contributed by atoms with van der Waals surface area (Å²) in [6.45, 7) is 2.40. The number of benzene rings is 1. The van der Waals surface area contributed by atoms with Crippen molar-refractivity contribution in [1.82, 2.24) is 20.1 Å². The predicted octanol–water partition coefficient (Wildman–Crippen LogP) is 2.42. The number of aromatic nitrogens is 1. The minimum absolute atomic E-state index is 0.105. The molecule has 3 atom stereocenters. The summed E-state index contributed by atoms with van der Waals surface area (Å²) in [5, 5.41) is 4.31. The first-order chi connectivity index (χ1) is 17.1. The van der Waals surface area contributed by atoms with Crippen molar-refractivity contribution in [3.05, 3.63) is 36.0 Å². The van der Waals surface area contributed by atoms with E-state index < -0.39 is 49.0 Å². The van der Waals surface area contributed by atoms with Crippen LogP contribution in [0.3, 0.4) is 0 Å². The third-order valence-electron chi connectivity index (χ3n) is 7.18. The maximum atomic E-state index is 13.5. The van der Waals surface area contributed by atoms with E-state index in [9.17, 15) is 22.8 Å². The summed E-state index contributed by atoms with van der Waals surface area (Å²) >= 11 is 0. The number of nitrogen functional groups attached to an aromatic ring is 1. The maximum Gasteiger partial charge on any atom is 0.393 e. The lowest BCUT2D eigenvalue weighted by Gasteiger charge is -2.27. The second-order valence-corrected chi connectivity index (χ2v) is 9.75. The number of carbonyl (C=O) groups excluding carboxylic acids is 2. The summed E-state index contributed by atoms with van der Waals surface area (Å²) in [5.41, 5.74) is 12.7. The number of rotatable bonds is 8. The summed E-state index contributed by atoms with van der Waals surface area (Å²) in [4.78, 5) is 33.4. The van der Waals surface area contributed by atoms with Gasteiger partial charge in [-0.1, -0.05) is 12.1 Å². The van der Waals surface area contributed by atoms with Crippen LogP contribution in [-0.2, 0) is 16.1 Å². The van der Waals surface area contributed by atoms with E-state index in [0.29, 0.717) is 18.7 Å². The molecule has 36 heavy (non-hydrogen) atoms. The van der Waals surface area contributed by atoms with Gasteiger partial charge in [0.2, 0.25) is 11.8 Å². The van der Waals surface area contributed by atoms with Crippen molar-refractivity contribution in [3.8, 4) is 0 Å². The molecule has 0 spiro atoms. The van der Waals surface area contributed by atoms with Gasteiger partial charge in [0.25, 0.3) is 0 Å². The number of hydrogen-bond acceptors (Lipinski definition) is 6. The SMILES string of the molecule is Nc1nccc2cc(CNC(=O)C3CC(C(F)(F)F)CN3C(=O)C(N)CCCN3CCCC3)ccc12. The Morgan fingerprint density at radius 3 is 2.67 bits per heavy atom. The lowest BCUT2D eigenvalue weighted by Crippen LogP contribution is -2.51. The first-order valence-electron chi connectivity index (χ1n) is 12.4. The Hall–Kier alpha value is -2.92. The average Bonchev–Trinajstić information content (AvgIpc) is 3.52. The van der Waals surface area contributed by atoms with Crippen LogP contribution in [-0.4, -0.2) is 71.0 Å². The number of nitrogens with two attached hydrogens (primary N) is 2. The van der Waals surface area contributed by atoms with Crippen molar-refractivity contribution in [2.24, 2.45) is 11.7 Å². The molecule has 2 amide bonds. The molecule has 196 valence electrons. The molecule has 2 aromatic rings. The number of pyridine rings is 1. The van der Waals surface area contributed by atoms with E-state index in [0.717, 1.165) is 53.7 Å². The molecule has 3 heterocycles. The molecular weight excluding hydrogens is 473 g/mol. The average molecular weight is 507 g/mol. The van der Waals surface area contributed by atoms with Crippen LogP contribution in [0.25, 0.3) is 10.8 Å². The van der Waals surface area contributed by atoms with Gasteiger partial charge in [0.1, 0.15) is 11.9 Å². The normalized spacial score (nSPS) is 21.7. The molecule has 3 unspecified atom stereocenters. The van der Waals surface area contributed by atoms with Gasteiger partial charge in [-0.2, -0.15) is 13.2 Å². The van der Waals surface area contributed by atoms with Crippen LogP contribution < -0.4 is 16.8 Å². The third-order valence-corrected chi connectivity index (χ3v) is 7.18. The van der Waals surface area contributed by atoms with E-state index in [4.69, 9.17) is 11.5 Å². The Bertz CT molecular complexity index is 1090. The number of alkyl halides is 3. The zero-order valence-electron chi connectivity index (χ0n) is 20.1. The van der Waals surface area contributed by atoms with Crippen LogP contribution in [0.2, 0.25) is 0 Å². The van der Waals surface area contributed by atoms with Gasteiger partial charge in [-0.3, -0.25) is 9.59 Å². The molecule has 2 aliphatic rings. The van der Waals surface area contributed by atoms with Gasteiger partial charge in [0, 0.05) is 24.7 Å². The molecule has 0 radical (unpaired) electrons. The molecule has 11 heteroatoms. The highest BCUT2D eigenvalue weighted by atomic mass is 19.4. The minimum Gasteiger partial charge on any atom is -0.383 e. The molecule has 0 aliphatic carbocycles. The minimum atomic E-state index is -4.50. The number of nitrogens with one attached hydrogen (secondary N) is 1. The van der Waals surface area contributed by atoms with Gasteiger partial charge in [-0.25, -0.2) is 4.98 Å². The standard InChI is InChI=1S/C25H33F3N6O2/c26-25(27,28)18-13-21(34(15-18)24(36)20(29)4-3-11-33-9-1-2-10-33)23(35)32-14-16-5-6-19-17(12-16)7-8-31-22(19)30/h5-8,12,18,20-21H,1-4,9-11,13-15,29H2,(H2,30,31)(H,32,35). The van der Waals surface area contributed by atoms with E-state index >= 15 is 0 Å². The fraction of sp³-hybridized carbons (Fsp3) is 0.560. The van der Waals surface area contributed by atoms with Crippen LogP contribution in [0.1, 0.15) is 37.7 Å². The summed E-state index contributed by atoms with van der Waals surface area (Å²) < 4.78 is 40.6. The number of halogens is 3. The Labute approximate surface area is 208 Å². The first-order valence-corrected chi connectivity index (χ1v) is 12.4. The monoisotopic (exact) mass is 506 g/mol. The van der Waals surface area contributed by atoms with Crippen LogP contribution >= 0.6 is 0 Å². The summed E-state index contributed by atoms with van der Waals surface area (Å²) in [6, 6.07) is 5.02. The fourth-order valence-corrected chi connectivity index (χ4v) is 5.11. The fourth-order valence-electron chi connectivity index (χ4n) is 5.11. The molecule has 1 aromatic carbocycles. The number of likely N-dealkylation sites (tertiary alicyclic amines) is 2. The van der Waals surface area contributed by atoms with E-state index in [2.05, 4.69) is 15.2 Å². The molecule has 8 nitrogen and oxygen atoms in total. The highest BCUT2D eigenvalue weighted by Crippen LogP contribution is 2.37. The van der Waals surface area contributed by atoms with E-state index in [-0.39, 0.29) is 6.54 Å². The molecule has 4 rings (SSSR count). The highest BCUT2D eigenvalue weighted by Gasteiger charge is 2.51. The number of anilines is 1. The molecule has 0 saturated carbocycles. The highest BCUT2D eigenvalue weighted by molar-refractivity contribution is 5.92. The Morgan fingerprint density at radius 2 is 1.94 bits per heavy atom. The summed E-state index contributed by atoms with van der Waals surface area (Å²) in [5.74, 6) is -2.59. The van der Waals surface area contributed by atoms with Crippen LogP contribution in [0, 0.1) is 5.92 Å². The molecule has 2 aliphatic heterocycles. The van der Waals surface area contributed by atoms with Crippen LogP contribution in [0.4, 0.5) is 19.0 Å². The van der Waals surface area contributed by atoms with Crippen molar-refractivity contribution < 1.29 is 22.8 Å². The smallest absolute Gasteiger partial charge is 0.383 e. The van der Waals surface area contributed by atoms with Crippen molar-refractivity contribution >= 4 is 28.4 Å². The quantitative estimate of drug-likeness (QED) is 0.506. The number of nitrogens with zero attached hydrogens (tertiary/aromatic N) is 3. The van der Waals surface area contributed by atoms with Crippen molar-refractivity contribution in [2.45, 2.75) is 56.9 Å². The molecule has 2 fully saturated rings. The van der Waals surface area contributed by atoms with Gasteiger partial charge >= 0.3 is 6.18 Å². The first kappa shape index (κ1) is 26.2. The third kappa shape index (κ3) is 6.07. The van der Waals surface area contributed by atoms with Gasteiger partial charge < -0.3 is 26.6 Å². The van der Waals surface area contributed by atoms with Gasteiger partial charge in [0.15, 0.2) is 0 Å². The van der Waals surface area contributed by atoms with Crippen LogP contribution in [0.15, 0.2) is 30.5 Å². The summed E-state index contributed by atoms with van der Waals surface area (Å²) in [6.07, 6.45) is -0.0408. The Kier molecular flexibility index (Phi) is 7.99. The van der Waals surface area contributed by atoms with Crippen molar-refractivity contribution in [2.75, 3.05) is 31.9 Å². The maximum absolute atomic E-state index is 13.5. The second-order valence-electron chi connectivity index (χ2n) is 9.75. The Morgan fingerprint density at radius 1 is 1.19 bits per heavy atom. The molecule has 2 saturated heterocycles. The zero-order chi connectivity index (χ0) is 25.9. The van der Waals surface area contributed by atoms with Crippen molar-refractivity contribution in [3.63, 3.8) is 0 Å². The molecule has 1 aromatic heterocycles.